The molecule has 3 rings (SSSR count). The fourth-order valence-corrected chi connectivity index (χ4v) is 2.61. The summed E-state index contributed by atoms with van der Waals surface area (Å²) in [6.45, 7) is 0.400. The number of ether oxygens (including phenoxy) is 1. The molecule has 0 aliphatic heterocycles. The molecule has 0 saturated heterocycles. The zero-order valence-corrected chi connectivity index (χ0v) is 13.6. The van der Waals surface area contributed by atoms with E-state index in [-0.39, 0.29) is 12.2 Å². The minimum absolute atomic E-state index is 0.0889. The van der Waals surface area contributed by atoms with Gasteiger partial charge in [0, 0.05) is 0 Å². The quantitative estimate of drug-likeness (QED) is 0.706. The van der Waals surface area contributed by atoms with Crippen molar-refractivity contribution >= 4 is 5.97 Å². The van der Waals surface area contributed by atoms with Crippen molar-refractivity contribution in [2.24, 2.45) is 0 Å². The van der Waals surface area contributed by atoms with Crippen LogP contribution in [0.5, 0.6) is 11.5 Å². The van der Waals surface area contributed by atoms with Gasteiger partial charge in [0.25, 0.3) is 0 Å². The number of carboxylic acids is 1. The maximum atomic E-state index is 11.1. The van der Waals surface area contributed by atoms with Crippen molar-refractivity contribution in [1.82, 2.24) is 0 Å². The van der Waals surface area contributed by atoms with Gasteiger partial charge in [-0.3, -0.25) is 4.79 Å². The van der Waals surface area contributed by atoms with E-state index in [1.165, 1.54) is 0 Å². The van der Waals surface area contributed by atoms with Crippen molar-refractivity contribution in [1.29, 1.82) is 0 Å². The number of aromatic hydroxyl groups is 1. The summed E-state index contributed by atoms with van der Waals surface area (Å²) < 4.78 is 5.85. The highest BCUT2D eigenvalue weighted by Gasteiger charge is 2.08. The Morgan fingerprint density at radius 2 is 1.64 bits per heavy atom. The van der Waals surface area contributed by atoms with Gasteiger partial charge in [-0.2, -0.15) is 0 Å². The Balaban J connectivity index is 1.91. The van der Waals surface area contributed by atoms with Crippen LogP contribution < -0.4 is 4.74 Å². The summed E-state index contributed by atoms with van der Waals surface area (Å²) in [5.41, 5.74) is 3.29. The Bertz CT molecular complexity index is 872. The van der Waals surface area contributed by atoms with E-state index in [2.05, 4.69) is 0 Å². The molecular weight excluding hydrogens is 316 g/mol. The zero-order chi connectivity index (χ0) is 17.6. The van der Waals surface area contributed by atoms with Crippen LogP contribution >= 0.6 is 0 Å². The van der Waals surface area contributed by atoms with Crippen molar-refractivity contribution in [3.8, 4) is 22.6 Å². The molecule has 4 nitrogen and oxygen atoms in total. The van der Waals surface area contributed by atoms with E-state index in [9.17, 15) is 9.90 Å². The van der Waals surface area contributed by atoms with Gasteiger partial charge in [0.2, 0.25) is 0 Å². The summed E-state index contributed by atoms with van der Waals surface area (Å²) in [4.78, 5) is 11.1. The molecule has 2 N–H and O–H groups in total. The molecule has 0 saturated carbocycles. The van der Waals surface area contributed by atoms with Crippen LogP contribution in [0.1, 0.15) is 11.1 Å². The van der Waals surface area contributed by atoms with Crippen molar-refractivity contribution in [2.45, 2.75) is 13.0 Å². The molecule has 0 aromatic heterocycles. The Morgan fingerprint density at radius 3 is 2.36 bits per heavy atom. The van der Waals surface area contributed by atoms with E-state index in [4.69, 9.17) is 9.84 Å². The number of benzene rings is 3. The summed E-state index contributed by atoms with van der Waals surface area (Å²) in [5.74, 6) is -0.143. The van der Waals surface area contributed by atoms with E-state index in [1.54, 1.807) is 30.3 Å². The molecule has 0 amide bonds. The van der Waals surface area contributed by atoms with Gasteiger partial charge in [-0.15, -0.1) is 0 Å². The number of hydrogen-bond acceptors (Lipinski definition) is 3. The van der Waals surface area contributed by atoms with Gasteiger partial charge in [0.15, 0.2) is 0 Å². The van der Waals surface area contributed by atoms with Gasteiger partial charge in [0.05, 0.1) is 6.42 Å². The second kappa shape index (κ2) is 7.53. The van der Waals surface area contributed by atoms with Crippen LogP contribution in [0, 0.1) is 0 Å². The van der Waals surface area contributed by atoms with Crippen LogP contribution in [0.25, 0.3) is 11.1 Å². The predicted molar refractivity (Wildman–Crippen MR) is 95.7 cm³/mol. The molecule has 3 aromatic rings. The predicted octanol–water partition coefficient (Wildman–Crippen LogP) is 4.27. The molecular formula is C21H18O4. The molecule has 25 heavy (non-hydrogen) atoms. The van der Waals surface area contributed by atoms with Gasteiger partial charge in [0.1, 0.15) is 18.1 Å². The monoisotopic (exact) mass is 334 g/mol. The molecule has 0 unspecified atom stereocenters. The van der Waals surface area contributed by atoms with Crippen LogP contribution in [0.3, 0.4) is 0 Å². The lowest BCUT2D eigenvalue weighted by Gasteiger charge is -2.11. The molecule has 126 valence electrons. The number of carboxylic acid groups (broad SMARTS) is 1. The van der Waals surface area contributed by atoms with Crippen molar-refractivity contribution in [2.75, 3.05) is 0 Å². The van der Waals surface area contributed by atoms with E-state index in [0.717, 1.165) is 16.7 Å². The van der Waals surface area contributed by atoms with Gasteiger partial charge in [-0.25, -0.2) is 0 Å². The Morgan fingerprint density at radius 1 is 0.840 bits per heavy atom. The third kappa shape index (κ3) is 4.61. The molecule has 3 aromatic carbocycles. The normalized spacial score (nSPS) is 10.4. The van der Waals surface area contributed by atoms with Gasteiger partial charge >= 0.3 is 5.97 Å². The first-order chi connectivity index (χ1) is 12.1. The molecule has 0 radical (unpaired) electrons. The number of phenols is 1. The zero-order valence-electron chi connectivity index (χ0n) is 13.6. The average Bonchev–Trinajstić information content (AvgIpc) is 2.60. The smallest absolute Gasteiger partial charge is 0.307 e. The molecule has 0 aliphatic rings. The van der Waals surface area contributed by atoms with Crippen molar-refractivity contribution < 1.29 is 19.7 Å². The highest BCUT2D eigenvalue weighted by Crippen LogP contribution is 2.29. The van der Waals surface area contributed by atoms with Crippen LogP contribution in [-0.4, -0.2) is 16.2 Å². The van der Waals surface area contributed by atoms with E-state index in [0.29, 0.717) is 17.9 Å². The van der Waals surface area contributed by atoms with Crippen molar-refractivity contribution in [3.05, 3.63) is 83.9 Å². The highest BCUT2D eigenvalue weighted by atomic mass is 16.5. The number of phenolic OH excluding ortho intramolecular Hbond substituents is 1. The standard InChI is InChI=1S/C21H18O4/c22-19-8-4-7-17(12-19)18-9-16(11-21(23)24)10-20(13-18)25-14-15-5-2-1-3-6-15/h1-10,12-13,22H,11,14H2,(H,23,24). The number of carbonyl (C=O) groups is 1. The van der Waals surface area contributed by atoms with Gasteiger partial charge in [-0.1, -0.05) is 48.5 Å². The second-order valence-corrected chi connectivity index (χ2v) is 5.76. The largest absolute Gasteiger partial charge is 0.508 e. The molecule has 0 heterocycles. The molecule has 0 bridgehead atoms. The SMILES string of the molecule is O=C(O)Cc1cc(OCc2ccccc2)cc(-c2cccc(O)c2)c1. The first kappa shape index (κ1) is 16.6. The third-order valence-corrected chi connectivity index (χ3v) is 3.75. The lowest BCUT2D eigenvalue weighted by atomic mass is 10.0. The Hall–Kier alpha value is -3.27. The second-order valence-electron chi connectivity index (χ2n) is 5.76. The van der Waals surface area contributed by atoms with E-state index >= 15 is 0 Å². The number of aliphatic carboxylic acids is 1. The Kier molecular flexibility index (Phi) is 5.00. The van der Waals surface area contributed by atoms with Crippen molar-refractivity contribution in [3.63, 3.8) is 0 Å². The molecule has 0 fully saturated rings. The maximum Gasteiger partial charge on any atom is 0.307 e. The topological polar surface area (TPSA) is 66.8 Å². The summed E-state index contributed by atoms with van der Waals surface area (Å²) >= 11 is 0. The van der Waals surface area contributed by atoms with Gasteiger partial charge < -0.3 is 14.9 Å². The first-order valence-electron chi connectivity index (χ1n) is 7.92. The number of hydrogen-bond donors (Lipinski definition) is 2. The minimum atomic E-state index is -0.901. The van der Waals surface area contributed by atoms with Crippen LogP contribution in [0.15, 0.2) is 72.8 Å². The fourth-order valence-electron chi connectivity index (χ4n) is 2.61. The summed E-state index contributed by atoms with van der Waals surface area (Å²) in [6, 6.07) is 22.0. The fraction of sp³-hybridized carbons (Fsp3) is 0.0952. The maximum absolute atomic E-state index is 11.1. The average molecular weight is 334 g/mol. The molecule has 0 spiro atoms. The molecule has 0 atom stereocenters. The van der Waals surface area contributed by atoms with Crippen LogP contribution in [-0.2, 0) is 17.8 Å². The summed E-state index contributed by atoms with van der Waals surface area (Å²) in [6.07, 6.45) is -0.0889. The summed E-state index contributed by atoms with van der Waals surface area (Å²) in [5, 5.41) is 18.8. The Labute approximate surface area is 146 Å². The molecule has 4 heteroatoms. The highest BCUT2D eigenvalue weighted by molar-refractivity contribution is 5.73. The number of rotatable bonds is 6. The van der Waals surface area contributed by atoms with Crippen LogP contribution in [0.4, 0.5) is 0 Å². The lowest BCUT2D eigenvalue weighted by molar-refractivity contribution is -0.136. The minimum Gasteiger partial charge on any atom is -0.508 e. The van der Waals surface area contributed by atoms with E-state index in [1.807, 2.05) is 42.5 Å². The first-order valence-corrected chi connectivity index (χ1v) is 7.92. The van der Waals surface area contributed by atoms with Gasteiger partial charge in [-0.05, 0) is 46.5 Å². The lowest BCUT2D eigenvalue weighted by Crippen LogP contribution is -2.02. The molecule has 0 aliphatic carbocycles. The summed E-state index contributed by atoms with van der Waals surface area (Å²) in [7, 11) is 0. The third-order valence-electron chi connectivity index (χ3n) is 3.75. The van der Waals surface area contributed by atoms with Crippen LogP contribution in [0.2, 0.25) is 0 Å². The van der Waals surface area contributed by atoms with E-state index < -0.39 is 5.97 Å².